The Balaban J connectivity index is -0.000000218. The summed E-state index contributed by atoms with van der Waals surface area (Å²) in [5, 5.41) is 2.89. The predicted molar refractivity (Wildman–Crippen MR) is 87.0 cm³/mol. The van der Waals surface area contributed by atoms with Gasteiger partial charge < -0.3 is 6.15 Å². The summed E-state index contributed by atoms with van der Waals surface area (Å²) in [6.07, 6.45) is 0. The fourth-order valence-corrected chi connectivity index (χ4v) is 0.719. The van der Waals surface area contributed by atoms with Crippen LogP contribution in [0.2, 0.25) is 0 Å². The van der Waals surface area contributed by atoms with Gasteiger partial charge in [0.1, 0.15) is 0 Å². The topological polar surface area (TPSA) is 59.9 Å². The predicted octanol–water partition coefficient (Wildman–Crippen LogP) is 2.33. The van der Waals surface area contributed by atoms with E-state index in [4.69, 9.17) is 9.68 Å². The summed E-state index contributed by atoms with van der Waals surface area (Å²) in [5.41, 5.74) is 0. The Morgan fingerprint density at radius 2 is 1.18 bits per heavy atom. The molecule has 0 aliphatic heterocycles. The molecule has 0 aliphatic carbocycles. The van der Waals surface area contributed by atoms with Crippen molar-refractivity contribution in [1.82, 2.24) is 16.3 Å². The molecule has 0 heterocycles. The number of hydrogen-bond acceptors (Lipinski definition) is 5. The lowest BCUT2D eigenvalue weighted by molar-refractivity contribution is -0.0675. The van der Waals surface area contributed by atoms with Crippen molar-refractivity contribution in [3.8, 4) is 0 Å². The van der Waals surface area contributed by atoms with Crippen molar-refractivity contribution >= 4 is 58.3 Å². The summed E-state index contributed by atoms with van der Waals surface area (Å²) in [6.45, 7) is 5.03. The van der Waals surface area contributed by atoms with E-state index in [0.29, 0.717) is 21.9 Å². The van der Waals surface area contributed by atoms with Gasteiger partial charge in [0.2, 0.25) is 0 Å². The average Bonchev–Trinajstić information content (AvgIpc) is 2.19. The molecule has 5 nitrogen and oxygen atoms in total. The van der Waals surface area contributed by atoms with Crippen molar-refractivity contribution < 1.29 is 9.68 Å². The normalized spacial score (nSPS) is 8.35. The zero-order valence-corrected chi connectivity index (χ0v) is 14.0. The van der Waals surface area contributed by atoms with Crippen molar-refractivity contribution in [1.29, 1.82) is 0 Å². The van der Waals surface area contributed by atoms with E-state index in [2.05, 4.69) is 49.7 Å². The highest BCUT2D eigenvalue weighted by Gasteiger charge is 1.94. The molecule has 0 unspecified atom stereocenters. The lowest BCUT2D eigenvalue weighted by atomic mass is 10.9. The average molecular weight is 320 g/mol. The van der Waals surface area contributed by atoms with E-state index in [-0.39, 0.29) is 6.15 Å². The lowest BCUT2D eigenvalue weighted by Crippen LogP contribution is -2.20. The minimum atomic E-state index is 0. The Morgan fingerprint density at radius 1 is 0.941 bits per heavy atom. The summed E-state index contributed by atoms with van der Waals surface area (Å²) >= 11 is 17.0. The van der Waals surface area contributed by atoms with Crippen LogP contribution in [-0.4, -0.2) is 46.1 Å². The molecule has 3 N–H and O–H groups in total. The van der Waals surface area contributed by atoms with Crippen molar-refractivity contribution in [2.75, 3.05) is 27.3 Å². The van der Waals surface area contributed by atoms with Gasteiger partial charge in [-0.25, -0.2) is 10.1 Å². The van der Waals surface area contributed by atoms with Gasteiger partial charge in [-0.2, -0.15) is 0 Å². The van der Waals surface area contributed by atoms with Gasteiger partial charge in [-0.1, -0.05) is 24.4 Å². The summed E-state index contributed by atoms with van der Waals surface area (Å²) in [7, 11) is 3.44. The molecule has 0 saturated carbocycles. The fraction of sp³-hybridized carbons (Fsp3) is 0.750. The van der Waals surface area contributed by atoms with E-state index in [1.54, 1.807) is 14.1 Å². The van der Waals surface area contributed by atoms with E-state index in [1.165, 1.54) is 10.1 Å². The van der Waals surface area contributed by atoms with E-state index in [0.717, 1.165) is 0 Å². The molecule has 0 bridgehead atoms. The monoisotopic (exact) mass is 319 g/mol. The van der Waals surface area contributed by atoms with Crippen LogP contribution in [-0.2, 0) is 9.68 Å². The zero-order valence-electron chi connectivity index (χ0n) is 10.5. The first-order valence-electron chi connectivity index (χ1n) is 4.55. The second kappa shape index (κ2) is 14.4. The van der Waals surface area contributed by atoms with Crippen LogP contribution in [0.15, 0.2) is 0 Å². The van der Waals surface area contributed by atoms with Crippen molar-refractivity contribution in [2.24, 2.45) is 0 Å². The van der Waals surface area contributed by atoms with Crippen LogP contribution >= 0.6 is 49.7 Å². The third kappa shape index (κ3) is 16.4. The molecular formula is C8H21N3O2S4. The molecule has 0 saturated heterocycles. The molecule has 0 aromatic rings. The van der Waals surface area contributed by atoms with Crippen molar-refractivity contribution in [3.05, 3.63) is 0 Å². The molecular weight excluding hydrogens is 298 g/mol. The Bertz CT molecular complexity index is 197. The van der Waals surface area contributed by atoms with Gasteiger partial charge in [-0.3, -0.25) is 9.68 Å². The maximum Gasteiger partial charge on any atom is 0.156 e. The molecule has 0 rings (SSSR count). The highest BCUT2D eigenvalue weighted by molar-refractivity contribution is 8.11. The van der Waals surface area contributed by atoms with Crippen LogP contribution in [0.3, 0.4) is 0 Å². The Labute approximate surface area is 125 Å². The lowest BCUT2D eigenvalue weighted by Gasteiger charge is -2.13. The SMILES string of the molecule is CCON(C)C(=S)S.CCON(C)C(=S)S.N. The summed E-state index contributed by atoms with van der Waals surface area (Å²) < 4.78 is 0.902. The maximum atomic E-state index is 4.92. The van der Waals surface area contributed by atoms with Crippen LogP contribution in [0.25, 0.3) is 0 Å². The molecule has 17 heavy (non-hydrogen) atoms. The minimum Gasteiger partial charge on any atom is -0.344 e. The smallest absolute Gasteiger partial charge is 0.156 e. The first-order chi connectivity index (χ1) is 7.36. The standard InChI is InChI=1S/2C4H9NOS2.H3N/c2*1-3-6-5(2)4(7)8;/h2*3H2,1-2H3,(H,7,8);1H3. The molecule has 0 aromatic heterocycles. The number of hydrogen-bond donors (Lipinski definition) is 3. The van der Waals surface area contributed by atoms with E-state index in [1.807, 2.05) is 13.8 Å². The van der Waals surface area contributed by atoms with Gasteiger partial charge in [-0.05, 0) is 13.8 Å². The molecule has 0 radical (unpaired) electrons. The number of thiocarbonyl (C=S) groups is 2. The van der Waals surface area contributed by atoms with Gasteiger partial charge in [0, 0.05) is 14.1 Å². The van der Waals surface area contributed by atoms with Crippen molar-refractivity contribution in [2.45, 2.75) is 13.8 Å². The quantitative estimate of drug-likeness (QED) is 0.418. The Kier molecular flexibility index (Phi) is 19.1. The molecule has 104 valence electrons. The Hall–Kier alpha value is 0.360. The first kappa shape index (κ1) is 22.5. The van der Waals surface area contributed by atoms with Gasteiger partial charge in [0.05, 0.1) is 13.2 Å². The van der Waals surface area contributed by atoms with Crippen LogP contribution in [0.4, 0.5) is 0 Å². The van der Waals surface area contributed by atoms with E-state index < -0.39 is 0 Å². The van der Waals surface area contributed by atoms with E-state index in [9.17, 15) is 0 Å². The summed E-state index contributed by atoms with van der Waals surface area (Å²) in [5.74, 6) is 0. The van der Waals surface area contributed by atoms with Crippen LogP contribution in [0.1, 0.15) is 13.8 Å². The molecule has 0 spiro atoms. The van der Waals surface area contributed by atoms with Crippen LogP contribution in [0.5, 0.6) is 0 Å². The second-order valence-electron chi connectivity index (χ2n) is 2.40. The molecule has 0 aliphatic rings. The Morgan fingerprint density at radius 3 is 1.24 bits per heavy atom. The number of rotatable bonds is 4. The second-order valence-corrected chi connectivity index (χ2v) is 4.62. The molecule has 0 fully saturated rings. The zero-order chi connectivity index (χ0) is 13.1. The van der Waals surface area contributed by atoms with Crippen LogP contribution in [0, 0.1) is 0 Å². The molecule has 0 aromatic carbocycles. The summed E-state index contributed by atoms with van der Waals surface area (Å²) in [4.78, 5) is 9.84. The number of nitrogens with zero attached hydrogens (tertiary/aromatic N) is 2. The van der Waals surface area contributed by atoms with Gasteiger partial charge in [0.15, 0.2) is 8.64 Å². The molecule has 0 amide bonds. The van der Waals surface area contributed by atoms with Crippen LogP contribution < -0.4 is 6.15 Å². The number of hydroxylamine groups is 4. The van der Waals surface area contributed by atoms with Gasteiger partial charge >= 0.3 is 0 Å². The third-order valence-electron chi connectivity index (χ3n) is 1.18. The van der Waals surface area contributed by atoms with Gasteiger partial charge in [-0.15, -0.1) is 25.3 Å². The first-order valence-corrected chi connectivity index (χ1v) is 6.26. The third-order valence-corrected chi connectivity index (χ3v) is 2.26. The van der Waals surface area contributed by atoms with Gasteiger partial charge in [0.25, 0.3) is 0 Å². The largest absolute Gasteiger partial charge is 0.344 e. The maximum absolute atomic E-state index is 4.92. The molecule has 0 atom stereocenters. The number of thiol groups is 2. The highest BCUT2D eigenvalue weighted by atomic mass is 32.1. The fourth-order valence-electron chi connectivity index (χ4n) is 0.498. The highest BCUT2D eigenvalue weighted by Crippen LogP contribution is 1.92. The molecule has 9 heteroatoms. The van der Waals surface area contributed by atoms with Crippen molar-refractivity contribution in [3.63, 3.8) is 0 Å². The summed E-state index contributed by atoms with van der Waals surface area (Å²) in [6, 6.07) is 0. The van der Waals surface area contributed by atoms with E-state index >= 15 is 0 Å². The minimum absolute atomic E-state index is 0.